The molecule has 0 aliphatic carbocycles. The highest BCUT2D eigenvalue weighted by atomic mass is 32.1. The van der Waals surface area contributed by atoms with Crippen LogP contribution in [0.3, 0.4) is 0 Å². The van der Waals surface area contributed by atoms with Crippen molar-refractivity contribution in [3.05, 3.63) is 21.9 Å². The number of rotatable bonds is 6. The van der Waals surface area contributed by atoms with E-state index in [9.17, 15) is 0 Å². The van der Waals surface area contributed by atoms with Crippen molar-refractivity contribution in [3.8, 4) is 0 Å². The minimum Gasteiger partial charge on any atom is -0.382 e. The normalized spacial score (nSPS) is 13.1. The van der Waals surface area contributed by atoms with Gasteiger partial charge < -0.3 is 10.1 Å². The van der Waals surface area contributed by atoms with E-state index in [4.69, 9.17) is 4.74 Å². The van der Waals surface area contributed by atoms with E-state index in [1.54, 1.807) is 0 Å². The molecule has 2 nitrogen and oxygen atoms in total. The van der Waals surface area contributed by atoms with E-state index in [1.165, 1.54) is 10.4 Å². The highest BCUT2D eigenvalue weighted by Crippen LogP contribution is 2.25. The van der Waals surface area contributed by atoms with Crippen LogP contribution in [0.5, 0.6) is 0 Å². The van der Waals surface area contributed by atoms with Gasteiger partial charge in [-0.25, -0.2) is 0 Å². The van der Waals surface area contributed by atoms with Gasteiger partial charge in [-0.2, -0.15) is 0 Å². The number of hydrogen-bond donors (Lipinski definition) is 1. The van der Waals surface area contributed by atoms with E-state index in [0.29, 0.717) is 6.04 Å². The highest BCUT2D eigenvalue weighted by Gasteiger charge is 2.12. The molecule has 80 valence electrons. The third-order valence-corrected chi connectivity index (χ3v) is 3.45. The van der Waals surface area contributed by atoms with Crippen molar-refractivity contribution in [1.29, 1.82) is 0 Å². The first kappa shape index (κ1) is 11.7. The molecule has 1 atom stereocenters. The third kappa shape index (κ3) is 3.08. The lowest BCUT2D eigenvalue weighted by Crippen LogP contribution is -2.18. The van der Waals surface area contributed by atoms with E-state index in [0.717, 1.165) is 19.6 Å². The molecular formula is C11H19NOS. The molecule has 0 amide bonds. The quantitative estimate of drug-likeness (QED) is 0.734. The van der Waals surface area contributed by atoms with E-state index in [1.807, 2.05) is 25.3 Å². The molecule has 0 bridgehead atoms. The summed E-state index contributed by atoms with van der Waals surface area (Å²) in [6, 6.07) is 2.62. The van der Waals surface area contributed by atoms with Crippen LogP contribution in [0.25, 0.3) is 0 Å². The monoisotopic (exact) mass is 213 g/mol. The van der Waals surface area contributed by atoms with Crippen LogP contribution in [0.15, 0.2) is 11.4 Å². The van der Waals surface area contributed by atoms with E-state index in [-0.39, 0.29) is 0 Å². The second-order valence-corrected chi connectivity index (χ2v) is 4.24. The van der Waals surface area contributed by atoms with Crippen molar-refractivity contribution in [1.82, 2.24) is 5.32 Å². The SMILES string of the molecule is CCOCCC(NC)c1sccc1C. The van der Waals surface area contributed by atoms with Crippen LogP contribution in [-0.2, 0) is 4.74 Å². The minimum absolute atomic E-state index is 0.446. The summed E-state index contributed by atoms with van der Waals surface area (Å²) >= 11 is 1.82. The highest BCUT2D eigenvalue weighted by molar-refractivity contribution is 7.10. The maximum atomic E-state index is 5.37. The van der Waals surface area contributed by atoms with Crippen LogP contribution in [0.4, 0.5) is 0 Å². The molecule has 0 spiro atoms. The molecular weight excluding hydrogens is 194 g/mol. The first-order valence-electron chi connectivity index (χ1n) is 5.08. The zero-order valence-electron chi connectivity index (χ0n) is 9.17. The molecule has 0 saturated heterocycles. The Kier molecular flexibility index (Phi) is 5.15. The Hall–Kier alpha value is -0.380. The fraction of sp³-hybridized carbons (Fsp3) is 0.636. The summed E-state index contributed by atoms with van der Waals surface area (Å²) in [5.74, 6) is 0. The van der Waals surface area contributed by atoms with Crippen molar-refractivity contribution in [2.75, 3.05) is 20.3 Å². The summed E-state index contributed by atoms with van der Waals surface area (Å²) in [5.41, 5.74) is 1.38. The Morgan fingerprint density at radius 2 is 2.36 bits per heavy atom. The second kappa shape index (κ2) is 6.17. The second-order valence-electron chi connectivity index (χ2n) is 3.29. The summed E-state index contributed by atoms with van der Waals surface area (Å²) in [6.07, 6.45) is 1.05. The average molecular weight is 213 g/mol. The fourth-order valence-corrected chi connectivity index (χ4v) is 2.57. The molecule has 1 aromatic rings. The Morgan fingerprint density at radius 1 is 1.57 bits per heavy atom. The van der Waals surface area contributed by atoms with Gasteiger partial charge in [0.25, 0.3) is 0 Å². The van der Waals surface area contributed by atoms with Crippen molar-refractivity contribution >= 4 is 11.3 Å². The van der Waals surface area contributed by atoms with Crippen molar-refractivity contribution in [2.24, 2.45) is 0 Å². The molecule has 1 heterocycles. The molecule has 0 aliphatic rings. The first-order valence-corrected chi connectivity index (χ1v) is 5.96. The van der Waals surface area contributed by atoms with Crippen LogP contribution in [0, 0.1) is 6.92 Å². The summed E-state index contributed by atoms with van der Waals surface area (Å²) in [5, 5.41) is 5.48. The molecule has 1 aromatic heterocycles. The van der Waals surface area contributed by atoms with Crippen LogP contribution >= 0.6 is 11.3 Å². The zero-order valence-corrected chi connectivity index (χ0v) is 9.99. The van der Waals surface area contributed by atoms with Gasteiger partial charge in [-0.05, 0) is 44.3 Å². The maximum Gasteiger partial charge on any atom is 0.0484 e. The van der Waals surface area contributed by atoms with Crippen molar-refractivity contribution in [3.63, 3.8) is 0 Å². The molecule has 0 radical (unpaired) electrons. The molecule has 0 aromatic carbocycles. The van der Waals surface area contributed by atoms with Gasteiger partial charge in [-0.15, -0.1) is 11.3 Å². The number of aryl methyl sites for hydroxylation is 1. The van der Waals surface area contributed by atoms with Crippen molar-refractivity contribution < 1.29 is 4.74 Å². The molecule has 14 heavy (non-hydrogen) atoms. The van der Waals surface area contributed by atoms with E-state index < -0.39 is 0 Å². The van der Waals surface area contributed by atoms with E-state index >= 15 is 0 Å². The predicted molar refractivity (Wildman–Crippen MR) is 62.0 cm³/mol. The lowest BCUT2D eigenvalue weighted by Gasteiger charge is -2.15. The predicted octanol–water partition coefficient (Wildman–Crippen LogP) is 2.74. The Balaban J connectivity index is 2.50. The van der Waals surface area contributed by atoms with Crippen LogP contribution in [0.1, 0.15) is 29.8 Å². The minimum atomic E-state index is 0.446. The number of hydrogen-bond acceptors (Lipinski definition) is 3. The Morgan fingerprint density at radius 3 is 2.86 bits per heavy atom. The summed E-state index contributed by atoms with van der Waals surface area (Å²) in [7, 11) is 2.01. The molecule has 3 heteroatoms. The smallest absolute Gasteiger partial charge is 0.0484 e. The number of nitrogens with one attached hydrogen (secondary N) is 1. The van der Waals surface area contributed by atoms with Gasteiger partial charge in [-0.1, -0.05) is 0 Å². The zero-order chi connectivity index (χ0) is 10.4. The lowest BCUT2D eigenvalue weighted by atomic mass is 10.1. The molecule has 0 fully saturated rings. The van der Waals surface area contributed by atoms with Gasteiger partial charge in [0.2, 0.25) is 0 Å². The molecule has 0 aliphatic heterocycles. The summed E-state index contributed by atoms with van der Waals surface area (Å²) < 4.78 is 5.37. The van der Waals surface area contributed by atoms with Crippen LogP contribution < -0.4 is 5.32 Å². The lowest BCUT2D eigenvalue weighted by molar-refractivity contribution is 0.137. The van der Waals surface area contributed by atoms with Crippen LogP contribution in [-0.4, -0.2) is 20.3 Å². The van der Waals surface area contributed by atoms with Gasteiger partial charge in [0.05, 0.1) is 0 Å². The van der Waals surface area contributed by atoms with Crippen LogP contribution in [0.2, 0.25) is 0 Å². The standard InChI is InChI=1S/C11H19NOS/c1-4-13-7-5-10(12-3)11-9(2)6-8-14-11/h6,8,10,12H,4-5,7H2,1-3H3. The van der Waals surface area contributed by atoms with Gasteiger partial charge >= 0.3 is 0 Å². The van der Waals surface area contributed by atoms with Gasteiger partial charge in [0.15, 0.2) is 0 Å². The Labute approximate surface area is 90.3 Å². The van der Waals surface area contributed by atoms with Gasteiger partial charge in [0.1, 0.15) is 0 Å². The average Bonchev–Trinajstić information content (AvgIpc) is 2.60. The fourth-order valence-electron chi connectivity index (χ4n) is 1.49. The summed E-state index contributed by atoms with van der Waals surface area (Å²) in [4.78, 5) is 1.44. The first-order chi connectivity index (χ1) is 6.79. The third-order valence-electron chi connectivity index (χ3n) is 2.32. The van der Waals surface area contributed by atoms with Crippen molar-refractivity contribution in [2.45, 2.75) is 26.3 Å². The molecule has 1 N–H and O–H groups in total. The largest absolute Gasteiger partial charge is 0.382 e. The topological polar surface area (TPSA) is 21.3 Å². The summed E-state index contributed by atoms with van der Waals surface area (Å²) in [6.45, 7) is 5.83. The van der Waals surface area contributed by atoms with Gasteiger partial charge in [0, 0.05) is 24.1 Å². The maximum absolute atomic E-state index is 5.37. The Bertz CT molecular complexity index is 260. The molecule has 1 unspecified atom stereocenters. The van der Waals surface area contributed by atoms with Gasteiger partial charge in [-0.3, -0.25) is 0 Å². The number of thiophene rings is 1. The van der Waals surface area contributed by atoms with E-state index in [2.05, 4.69) is 23.7 Å². The molecule has 1 rings (SSSR count). The number of ether oxygens (including phenoxy) is 1. The molecule has 0 saturated carbocycles.